The summed E-state index contributed by atoms with van der Waals surface area (Å²) in [7, 11) is 0. The summed E-state index contributed by atoms with van der Waals surface area (Å²) < 4.78 is 0. The van der Waals surface area contributed by atoms with Gasteiger partial charge in [-0.05, 0) is 34.6 Å². The van der Waals surface area contributed by atoms with E-state index in [1.54, 1.807) is 6.92 Å². The van der Waals surface area contributed by atoms with Crippen molar-refractivity contribution in [1.82, 2.24) is 0 Å². The zero-order valence-electron chi connectivity index (χ0n) is 14.8. The number of Topliss-reactive ketones (excluding diaryl/α,β-unsaturated/α-hetero) is 2. The molecule has 0 aliphatic heterocycles. The van der Waals surface area contributed by atoms with Crippen LogP contribution in [0.3, 0.4) is 0 Å². The minimum Gasteiger partial charge on any atom is -0.299 e. The van der Waals surface area contributed by atoms with Gasteiger partial charge in [0.1, 0.15) is 11.6 Å². The zero-order valence-corrected chi connectivity index (χ0v) is 14.8. The first-order valence-corrected chi connectivity index (χ1v) is 8.69. The van der Waals surface area contributed by atoms with Crippen molar-refractivity contribution in [3.05, 3.63) is 59.7 Å². The lowest BCUT2D eigenvalue weighted by atomic mass is 9.97. The van der Waals surface area contributed by atoms with E-state index in [0.717, 1.165) is 23.1 Å². The SMILES string of the molecule is CCC(=O)CC(=O)Cc1cccc(-c2ccc(CC(C)C)cc2)c1. The first kappa shape index (κ1) is 18.1. The summed E-state index contributed by atoms with van der Waals surface area (Å²) in [6.45, 7) is 6.23. The second-order valence-corrected chi connectivity index (χ2v) is 6.78. The Bertz CT molecular complexity index is 696. The van der Waals surface area contributed by atoms with E-state index in [-0.39, 0.29) is 18.0 Å². The molecule has 0 N–H and O–H groups in total. The second-order valence-electron chi connectivity index (χ2n) is 6.78. The largest absolute Gasteiger partial charge is 0.299 e. The van der Waals surface area contributed by atoms with Crippen LogP contribution in [0.1, 0.15) is 44.7 Å². The van der Waals surface area contributed by atoms with Crippen LogP contribution < -0.4 is 0 Å². The van der Waals surface area contributed by atoms with Gasteiger partial charge in [-0.1, -0.05) is 69.3 Å². The molecule has 2 aromatic carbocycles. The Hall–Kier alpha value is -2.22. The molecule has 0 amide bonds. The fraction of sp³-hybridized carbons (Fsp3) is 0.364. The molecule has 2 rings (SSSR count). The summed E-state index contributed by atoms with van der Waals surface area (Å²) in [6, 6.07) is 16.7. The molecule has 2 aromatic rings. The number of carbonyl (C=O) groups excluding carboxylic acids is 2. The van der Waals surface area contributed by atoms with Gasteiger partial charge in [0.15, 0.2) is 0 Å². The van der Waals surface area contributed by atoms with Crippen LogP contribution in [0.15, 0.2) is 48.5 Å². The van der Waals surface area contributed by atoms with E-state index >= 15 is 0 Å². The van der Waals surface area contributed by atoms with Gasteiger partial charge in [-0.25, -0.2) is 0 Å². The number of ketones is 2. The molecule has 2 nitrogen and oxygen atoms in total. The molecule has 0 saturated carbocycles. The van der Waals surface area contributed by atoms with Gasteiger partial charge in [0, 0.05) is 12.8 Å². The van der Waals surface area contributed by atoms with Crippen molar-refractivity contribution in [1.29, 1.82) is 0 Å². The molecule has 126 valence electrons. The van der Waals surface area contributed by atoms with Gasteiger partial charge >= 0.3 is 0 Å². The van der Waals surface area contributed by atoms with Crippen LogP contribution in [0, 0.1) is 5.92 Å². The van der Waals surface area contributed by atoms with E-state index in [1.807, 2.05) is 18.2 Å². The molecular weight excluding hydrogens is 296 g/mol. The van der Waals surface area contributed by atoms with Crippen LogP contribution in [0.25, 0.3) is 11.1 Å². The third-order valence-corrected chi connectivity index (χ3v) is 4.05. The molecule has 0 unspecified atom stereocenters. The Morgan fingerprint density at radius 2 is 1.58 bits per heavy atom. The van der Waals surface area contributed by atoms with E-state index in [1.165, 1.54) is 5.56 Å². The summed E-state index contributed by atoms with van der Waals surface area (Å²) in [6.07, 6.45) is 1.88. The first-order valence-electron chi connectivity index (χ1n) is 8.69. The molecule has 0 saturated heterocycles. The third-order valence-electron chi connectivity index (χ3n) is 4.05. The topological polar surface area (TPSA) is 34.1 Å². The number of carbonyl (C=O) groups is 2. The first-order chi connectivity index (χ1) is 11.5. The van der Waals surface area contributed by atoms with Crippen LogP contribution in [0.2, 0.25) is 0 Å². The minimum atomic E-state index is -0.00807. The lowest BCUT2D eigenvalue weighted by Gasteiger charge is -2.08. The standard InChI is InChI=1S/C22H26O2/c1-4-21(23)15-22(24)14-18-6-5-7-20(13-18)19-10-8-17(9-11-19)12-16(2)3/h5-11,13,16H,4,12,14-15H2,1-3H3. The quantitative estimate of drug-likeness (QED) is 0.639. The maximum Gasteiger partial charge on any atom is 0.144 e. The molecule has 0 heterocycles. The van der Waals surface area contributed by atoms with Gasteiger partial charge in [-0.15, -0.1) is 0 Å². The van der Waals surface area contributed by atoms with Crippen molar-refractivity contribution in [2.75, 3.05) is 0 Å². The monoisotopic (exact) mass is 322 g/mol. The molecule has 0 aliphatic carbocycles. The summed E-state index contributed by atoms with van der Waals surface area (Å²) in [5.41, 5.74) is 4.57. The number of benzene rings is 2. The Morgan fingerprint density at radius 3 is 2.21 bits per heavy atom. The zero-order chi connectivity index (χ0) is 17.5. The fourth-order valence-electron chi connectivity index (χ4n) is 2.80. The van der Waals surface area contributed by atoms with E-state index in [9.17, 15) is 9.59 Å². The molecule has 0 fully saturated rings. The van der Waals surface area contributed by atoms with Gasteiger partial charge in [-0.3, -0.25) is 9.59 Å². The summed E-state index contributed by atoms with van der Waals surface area (Å²) >= 11 is 0. The van der Waals surface area contributed by atoms with E-state index in [0.29, 0.717) is 18.8 Å². The van der Waals surface area contributed by atoms with Gasteiger partial charge in [0.05, 0.1) is 6.42 Å². The van der Waals surface area contributed by atoms with Gasteiger partial charge in [0.25, 0.3) is 0 Å². The number of rotatable bonds is 8. The lowest BCUT2D eigenvalue weighted by molar-refractivity contribution is -0.126. The van der Waals surface area contributed by atoms with Crippen LogP contribution in [-0.4, -0.2) is 11.6 Å². The van der Waals surface area contributed by atoms with Crippen molar-refractivity contribution in [3.8, 4) is 11.1 Å². The van der Waals surface area contributed by atoms with Gasteiger partial charge in [-0.2, -0.15) is 0 Å². The Kier molecular flexibility index (Phi) is 6.48. The molecule has 0 spiro atoms. The van der Waals surface area contributed by atoms with Crippen molar-refractivity contribution >= 4 is 11.6 Å². The second kappa shape index (κ2) is 8.58. The third kappa shape index (κ3) is 5.45. The number of hydrogen-bond donors (Lipinski definition) is 0. The summed E-state index contributed by atoms with van der Waals surface area (Å²) in [5, 5.41) is 0. The van der Waals surface area contributed by atoms with Crippen LogP contribution in [-0.2, 0) is 22.4 Å². The van der Waals surface area contributed by atoms with Crippen molar-refractivity contribution in [2.45, 2.75) is 46.5 Å². The predicted molar refractivity (Wildman–Crippen MR) is 99.0 cm³/mol. The Morgan fingerprint density at radius 1 is 0.875 bits per heavy atom. The molecule has 0 radical (unpaired) electrons. The van der Waals surface area contributed by atoms with E-state index < -0.39 is 0 Å². The molecule has 0 bridgehead atoms. The molecule has 0 aromatic heterocycles. The maximum atomic E-state index is 12.0. The molecule has 24 heavy (non-hydrogen) atoms. The molecule has 2 heteroatoms. The number of hydrogen-bond acceptors (Lipinski definition) is 2. The van der Waals surface area contributed by atoms with Gasteiger partial charge < -0.3 is 0 Å². The molecule has 0 aliphatic rings. The van der Waals surface area contributed by atoms with Gasteiger partial charge in [0.2, 0.25) is 0 Å². The van der Waals surface area contributed by atoms with Crippen molar-refractivity contribution < 1.29 is 9.59 Å². The highest BCUT2D eigenvalue weighted by atomic mass is 16.1. The smallest absolute Gasteiger partial charge is 0.144 e. The average Bonchev–Trinajstić information content (AvgIpc) is 2.55. The van der Waals surface area contributed by atoms with Crippen molar-refractivity contribution in [3.63, 3.8) is 0 Å². The highest BCUT2D eigenvalue weighted by molar-refractivity contribution is 5.99. The van der Waals surface area contributed by atoms with E-state index in [2.05, 4.69) is 44.2 Å². The fourth-order valence-corrected chi connectivity index (χ4v) is 2.80. The molecular formula is C22H26O2. The predicted octanol–water partition coefficient (Wildman–Crippen LogP) is 5.03. The Balaban J connectivity index is 2.09. The highest BCUT2D eigenvalue weighted by Crippen LogP contribution is 2.22. The summed E-state index contributed by atoms with van der Waals surface area (Å²) in [5.74, 6) is 0.652. The van der Waals surface area contributed by atoms with Crippen LogP contribution >= 0.6 is 0 Å². The minimum absolute atomic E-state index is 0.00807. The van der Waals surface area contributed by atoms with Crippen LogP contribution in [0.5, 0.6) is 0 Å². The average molecular weight is 322 g/mol. The summed E-state index contributed by atoms with van der Waals surface area (Å²) in [4.78, 5) is 23.3. The highest BCUT2D eigenvalue weighted by Gasteiger charge is 2.09. The van der Waals surface area contributed by atoms with Crippen LogP contribution in [0.4, 0.5) is 0 Å². The van der Waals surface area contributed by atoms with Crippen molar-refractivity contribution in [2.24, 2.45) is 5.92 Å². The van der Waals surface area contributed by atoms with E-state index in [4.69, 9.17) is 0 Å². The normalized spacial score (nSPS) is 10.8. The molecule has 0 atom stereocenters. The maximum absolute atomic E-state index is 12.0. The Labute approximate surface area is 144 Å². The lowest BCUT2D eigenvalue weighted by Crippen LogP contribution is -2.09.